The summed E-state index contributed by atoms with van der Waals surface area (Å²) >= 11 is 0. The molecule has 0 fully saturated rings. The van der Waals surface area contributed by atoms with Crippen molar-refractivity contribution in [2.24, 2.45) is 0 Å². The van der Waals surface area contributed by atoms with Crippen molar-refractivity contribution in [3.8, 4) is 0 Å². The van der Waals surface area contributed by atoms with E-state index in [1.54, 1.807) is 18.6 Å². The lowest BCUT2D eigenvalue weighted by Crippen LogP contribution is -2.17. The van der Waals surface area contributed by atoms with Crippen molar-refractivity contribution in [1.29, 1.82) is 0 Å². The van der Waals surface area contributed by atoms with Gasteiger partial charge in [0.05, 0.1) is 6.20 Å². The molecule has 1 aromatic heterocycles. The Morgan fingerprint density at radius 1 is 1.13 bits per heavy atom. The lowest BCUT2D eigenvalue weighted by atomic mass is 10.2. The van der Waals surface area contributed by atoms with Gasteiger partial charge in [0.25, 0.3) is 0 Å². The Balaban J connectivity index is 2.08. The first kappa shape index (κ1) is 9.65. The standard InChI is InChI=1S/C12H13N3/c1-15(12-9-13-7-8-14-12)10-11-5-3-2-4-6-11/h2-9H,10H2,1H3. The molecule has 0 aliphatic heterocycles. The van der Waals surface area contributed by atoms with E-state index < -0.39 is 0 Å². The summed E-state index contributed by atoms with van der Waals surface area (Å²) in [6.45, 7) is 0.847. The van der Waals surface area contributed by atoms with Crippen LogP contribution in [0, 0.1) is 0 Å². The van der Waals surface area contributed by atoms with Crippen molar-refractivity contribution >= 4 is 5.82 Å². The summed E-state index contributed by atoms with van der Waals surface area (Å²) in [6, 6.07) is 10.3. The molecular weight excluding hydrogens is 186 g/mol. The molecule has 0 atom stereocenters. The molecule has 0 aliphatic carbocycles. The van der Waals surface area contributed by atoms with Crippen molar-refractivity contribution in [3.63, 3.8) is 0 Å². The van der Waals surface area contributed by atoms with Crippen LogP contribution in [0.15, 0.2) is 48.9 Å². The molecule has 15 heavy (non-hydrogen) atoms. The molecule has 3 nitrogen and oxygen atoms in total. The zero-order valence-electron chi connectivity index (χ0n) is 8.67. The Labute approximate surface area is 89.4 Å². The highest BCUT2D eigenvalue weighted by molar-refractivity contribution is 5.35. The third-order valence-corrected chi connectivity index (χ3v) is 2.20. The minimum absolute atomic E-state index is 0.847. The number of benzene rings is 1. The van der Waals surface area contributed by atoms with E-state index >= 15 is 0 Å². The summed E-state index contributed by atoms with van der Waals surface area (Å²) in [5.41, 5.74) is 1.27. The van der Waals surface area contributed by atoms with Gasteiger partial charge in [0.1, 0.15) is 5.82 Å². The first-order chi connectivity index (χ1) is 7.36. The molecule has 0 bridgehead atoms. The maximum absolute atomic E-state index is 4.24. The maximum Gasteiger partial charge on any atom is 0.147 e. The maximum atomic E-state index is 4.24. The summed E-state index contributed by atoms with van der Waals surface area (Å²) in [7, 11) is 2.01. The zero-order chi connectivity index (χ0) is 10.5. The van der Waals surface area contributed by atoms with Gasteiger partial charge in [-0.25, -0.2) is 4.98 Å². The molecule has 76 valence electrons. The molecule has 0 saturated heterocycles. The van der Waals surface area contributed by atoms with Crippen molar-refractivity contribution in [2.75, 3.05) is 11.9 Å². The number of aromatic nitrogens is 2. The highest BCUT2D eigenvalue weighted by Crippen LogP contribution is 2.09. The molecule has 0 aliphatic rings. The zero-order valence-corrected chi connectivity index (χ0v) is 8.67. The molecule has 1 aromatic carbocycles. The summed E-state index contributed by atoms with van der Waals surface area (Å²) in [6.07, 6.45) is 5.15. The van der Waals surface area contributed by atoms with E-state index in [1.807, 2.05) is 25.2 Å². The fraction of sp³-hybridized carbons (Fsp3) is 0.167. The van der Waals surface area contributed by atoms with E-state index in [0.717, 1.165) is 12.4 Å². The van der Waals surface area contributed by atoms with Gasteiger partial charge in [-0.3, -0.25) is 4.98 Å². The van der Waals surface area contributed by atoms with Gasteiger partial charge in [0, 0.05) is 26.0 Å². The predicted octanol–water partition coefficient (Wildman–Crippen LogP) is 2.11. The van der Waals surface area contributed by atoms with E-state index in [4.69, 9.17) is 0 Å². The van der Waals surface area contributed by atoms with Gasteiger partial charge < -0.3 is 4.90 Å². The molecule has 0 unspecified atom stereocenters. The van der Waals surface area contributed by atoms with Gasteiger partial charge in [-0.2, -0.15) is 0 Å². The number of hydrogen-bond acceptors (Lipinski definition) is 3. The minimum Gasteiger partial charge on any atom is -0.354 e. The fourth-order valence-electron chi connectivity index (χ4n) is 1.43. The van der Waals surface area contributed by atoms with Crippen molar-refractivity contribution in [3.05, 3.63) is 54.5 Å². The summed E-state index contributed by atoms with van der Waals surface area (Å²) in [4.78, 5) is 10.4. The van der Waals surface area contributed by atoms with Crippen LogP contribution in [-0.2, 0) is 6.54 Å². The SMILES string of the molecule is CN(Cc1ccccc1)c1cnccn1. The Bertz CT molecular complexity index is 400. The summed E-state index contributed by atoms with van der Waals surface area (Å²) in [5, 5.41) is 0. The highest BCUT2D eigenvalue weighted by Gasteiger charge is 2.01. The second-order valence-electron chi connectivity index (χ2n) is 3.41. The smallest absolute Gasteiger partial charge is 0.147 e. The van der Waals surface area contributed by atoms with Gasteiger partial charge in [-0.15, -0.1) is 0 Å². The molecule has 0 spiro atoms. The van der Waals surface area contributed by atoms with E-state index in [1.165, 1.54) is 5.56 Å². The van der Waals surface area contributed by atoms with Crippen LogP contribution in [0.1, 0.15) is 5.56 Å². The number of nitrogens with zero attached hydrogens (tertiary/aromatic N) is 3. The van der Waals surface area contributed by atoms with Crippen LogP contribution in [0.3, 0.4) is 0 Å². The molecule has 2 rings (SSSR count). The van der Waals surface area contributed by atoms with E-state index in [0.29, 0.717) is 0 Å². The normalized spacial score (nSPS) is 9.93. The van der Waals surface area contributed by atoms with E-state index in [2.05, 4.69) is 27.0 Å². The third-order valence-electron chi connectivity index (χ3n) is 2.20. The van der Waals surface area contributed by atoms with Crippen molar-refractivity contribution < 1.29 is 0 Å². The topological polar surface area (TPSA) is 29.0 Å². The minimum atomic E-state index is 0.847. The van der Waals surface area contributed by atoms with Gasteiger partial charge in [-0.05, 0) is 5.56 Å². The van der Waals surface area contributed by atoms with E-state index in [-0.39, 0.29) is 0 Å². The summed E-state index contributed by atoms with van der Waals surface area (Å²) < 4.78 is 0. The second kappa shape index (κ2) is 4.55. The van der Waals surface area contributed by atoms with Gasteiger partial charge in [0.15, 0.2) is 0 Å². The second-order valence-corrected chi connectivity index (χ2v) is 3.41. The first-order valence-corrected chi connectivity index (χ1v) is 4.87. The molecular formula is C12H13N3. The highest BCUT2D eigenvalue weighted by atomic mass is 15.2. The number of hydrogen-bond donors (Lipinski definition) is 0. The molecule has 0 amide bonds. The fourth-order valence-corrected chi connectivity index (χ4v) is 1.43. The van der Waals surface area contributed by atoms with Crippen LogP contribution in [0.2, 0.25) is 0 Å². The van der Waals surface area contributed by atoms with Gasteiger partial charge in [0.2, 0.25) is 0 Å². The van der Waals surface area contributed by atoms with Crippen molar-refractivity contribution in [1.82, 2.24) is 9.97 Å². The van der Waals surface area contributed by atoms with Crippen LogP contribution >= 0.6 is 0 Å². The van der Waals surface area contributed by atoms with E-state index in [9.17, 15) is 0 Å². The Morgan fingerprint density at radius 3 is 2.60 bits per heavy atom. The lowest BCUT2D eigenvalue weighted by molar-refractivity contribution is 0.890. The molecule has 2 aromatic rings. The number of rotatable bonds is 3. The predicted molar refractivity (Wildman–Crippen MR) is 60.6 cm³/mol. The Hall–Kier alpha value is -1.90. The van der Waals surface area contributed by atoms with Gasteiger partial charge in [-0.1, -0.05) is 30.3 Å². The van der Waals surface area contributed by atoms with Crippen LogP contribution in [0.4, 0.5) is 5.82 Å². The van der Waals surface area contributed by atoms with Gasteiger partial charge >= 0.3 is 0 Å². The molecule has 0 radical (unpaired) electrons. The average Bonchev–Trinajstić information content (AvgIpc) is 2.31. The largest absolute Gasteiger partial charge is 0.354 e. The quantitative estimate of drug-likeness (QED) is 0.758. The first-order valence-electron chi connectivity index (χ1n) is 4.87. The molecule has 3 heteroatoms. The van der Waals surface area contributed by atoms with Crippen LogP contribution in [-0.4, -0.2) is 17.0 Å². The average molecular weight is 199 g/mol. The monoisotopic (exact) mass is 199 g/mol. The number of anilines is 1. The van der Waals surface area contributed by atoms with Crippen LogP contribution in [0.5, 0.6) is 0 Å². The van der Waals surface area contributed by atoms with Crippen LogP contribution < -0.4 is 4.90 Å². The molecule has 0 saturated carbocycles. The molecule has 0 N–H and O–H groups in total. The third kappa shape index (κ3) is 2.53. The lowest BCUT2D eigenvalue weighted by Gasteiger charge is -2.17. The van der Waals surface area contributed by atoms with Crippen molar-refractivity contribution in [2.45, 2.75) is 6.54 Å². The summed E-state index contributed by atoms with van der Waals surface area (Å²) in [5.74, 6) is 0.890. The van der Waals surface area contributed by atoms with Crippen LogP contribution in [0.25, 0.3) is 0 Å². The Kier molecular flexibility index (Phi) is 2.93. The molecule has 1 heterocycles. The Morgan fingerprint density at radius 2 is 1.93 bits per heavy atom.